The van der Waals surface area contributed by atoms with Gasteiger partial charge in [-0.3, -0.25) is 19.2 Å². The molecule has 10 nitrogen and oxygen atoms in total. The van der Waals surface area contributed by atoms with E-state index in [1.54, 1.807) is 43.3 Å². The fraction of sp³-hybridized carbons (Fsp3) is 0.308. The number of nitrogens with zero attached hydrogens (tertiary/aromatic N) is 1. The second-order valence-corrected chi connectivity index (χ2v) is 7.93. The average molecular weight is 498 g/mol. The molecular formula is C26H27NO9. The van der Waals surface area contributed by atoms with Crippen LogP contribution in [0, 0.1) is 0 Å². The van der Waals surface area contributed by atoms with E-state index in [1.165, 1.54) is 26.4 Å². The Labute approximate surface area is 207 Å². The Kier molecular flexibility index (Phi) is 8.11. The van der Waals surface area contributed by atoms with E-state index in [0.29, 0.717) is 17.1 Å². The largest absolute Gasteiger partial charge is 0.497 e. The van der Waals surface area contributed by atoms with Crippen molar-refractivity contribution in [2.24, 2.45) is 0 Å². The number of Topliss-reactive ketones (excluding diaryl/α,β-unsaturated/α-hetero) is 2. The number of hydrogen-bond acceptors (Lipinski definition) is 9. The molecule has 2 aromatic rings. The summed E-state index contributed by atoms with van der Waals surface area (Å²) < 4.78 is 15.2. The molecule has 0 radical (unpaired) electrons. The van der Waals surface area contributed by atoms with Crippen molar-refractivity contribution in [2.45, 2.75) is 25.5 Å². The van der Waals surface area contributed by atoms with Crippen LogP contribution in [0.1, 0.15) is 35.7 Å². The Balaban J connectivity index is 2.21. The number of benzene rings is 2. The average Bonchev–Trinajstić information content (AvgIpc) is 3.08. The van der Waals surface area contributed by atoms with Crippen LogP contribution in [-0.2, 0) is 19.1 Å². The van der Waals surface area contributed by atoms with Crippen molar-refractivity contribution >= 4 is 29.2 Å². The maximum absolute atomic E-state index is 13.7. The minimum absolute atomic E-state index is 0.00856. The molecule has 0 saturated heterocycles. The van der Waals surface area contributed by atoms with Gasteiger partial charge < -0.3 is 29.3 Å². The molecule has 0 fully saturated rings. The predicted octanol–water partition coefficient (Wildman–Crippen LogP) is 2.30. The first-order valence-electron chi connectivity index (χ1n) is 11.2. The summed E-state index contributed by atoms with van der Waals surface area (Å²) in [5, 5.41) is 20.9. The highest BCUT2D eigenvalue weighted by atomic mass is 16.5. The van der Waals surface area contributed by atoms with Crippen LogP contribution in [0.25, 0.3) is 5.70 Å². The van der Waals surface area contributed by atoms with Gasteiger partial charge in [-0.1, -0.05) is 0 Å². The molecule has 1 aliphatic rings. The lowest BCUT2D eigenvalue weighted by atomic mass is 9.93. The zero-order chi connectivity index (χ0) is 26.5. The number of carbonyl (C=O) groups excluding carboxylic acids is 3. The summed E-state index contributed by atoms with van der Waals surface area (Å²) in [6, 6.07) is 12.4. The number of ketones is 2. The van der Waals surface area contributed by atoms with Crippen LogP contribution in [0.3, 0.4) is 0 Å². The molecule has 2 aromatic carbocycles. The third kappa shape index (κ3) is 5.23. The molecule has 0 aromatic heterocycles. The van der Waals surface area contributed by atoms with Gasteiger partial charge in [0.15, 0.2) is 5.78 Å². The highest BCUT2D eigenvalue weighted by molar-refractivity contribution is 6.34. The molecule has 0 amide bonds. The molecular weight excluding hydrogens is 470 g/mol. The summed E-state index contributed by atoms with van der Waals surface area (Å²) in [6.07, 6.45) is -1.26. The fourth-order valence-electron chi connectivity index (χ4n) is 3.99. The maximum atomic E-state index is 13.7. The summed E-state index contributed by atoms with van der Waals surface area (Å²) in [7, 11) is 2.95. The third-order valence-corrected chi connectivity index (χ3v) is 5.73. The molecule has 1 aliphatic heterocycles. The summed E-state index contributed by atoms with van der Waals surface area (Å²) in [4.78, 5) is 52.2. The lowest BCUT2D eigenvalue weighted by Gasteiger charge is -2.35. The van der Waals surface area contributed by atoms with Crippen molar-refractivity contribution in [3.63, 3.8) is 0 Å². The Bertz CT molecular complexity index is 1180. The van der Waals surface area contributed by atoms with Crippen LogP contribution in [0.2, 0.25) is 0 Å². The lowest BCUT2D eigenvalue weighted by Crippen LogP contribution is -2.52. The van der Waals surface area contributed by atoms with E-state index in [9.17, 15) is 29.4 Å². The van der Waals surface area contributed by atoms with Crippen LogP contribution in [0.5, 0.6) is 11.5 Å². The SMILES string of the molecule is CCOC(=O)CC1(O)C(=O)C(C(=O)c2ccc(OC)cc2)=C(c2ccc(OC)cc2)N1CCC(=O)O. The minimum atomic E-state index is -2.52. The first kappa shape index (κ1) is 26.4. The van der Waals surface area contributed by atoms with Gasteiger partial charge in [0.2, 0.25) is 11.5 Å². The van der Waals surface area contributed by atoms with Gasteiger partial charge in [-0.25, -0.2) is 0 Å². The van der Waals surface area contributed by atoms with Crippen LogP contribution in [0.4, 0.5) is 0 Å². The number of carboxylic acids is 1. The van der Waals surface area contributed by atoms with Crippen molar-refractivity contribution < 1.29 is 43.6 Å². The monoisotopic (exact) mass is 497 g/mol. The topological polar surface area (TPSA) is 140 Å². The number of aliphatic hydroxyl groups is 1. The predicted molar refractivity (Wildman–Crippen MR) is 127 cm³/mol. The summed E-state index contributed by atoms with van der Waals surface area (Å²) in [5.74, 6) is -2.78. The van der Waals surface area contributed by atoms with Crippen molar-refractivity contribution in [1.82, 2.24) is 4.90 Å². The van der Waals surface area contributed by atoms with Gasteiger partial charge in [0.05, 0.1) is 38.5 Å². The van der Waals surface area contributed by atoms with Crippen molar-refractivity contribution in [2.75, 3.05) is 27.4 Å². The van der Waals surface area contributed by atoms with Gasteiger partial charge in [-0.15, -0.1) is 0 Å². The molecule has 1 atom stereocenters. The first-order valence-corrected chi connectivity index (χ1v) is 11.2. The lowest BCUT2D eigenvalue weighted by molar-refractivity contribution is -0.164. The Hall–Kier alpha value is -4.18. The van der Waals surface area contributed by atoms with E-state index in [2.05, 4.69) is 0 Å². The van der Waals surface area contributed by atoms with Gasteiger partial charge in [-0.2, -0.15) is 0 Å². The summed E-state index contributed by atoms with van der Waals surface area (Å²) in [6.45, 7) is 1.23. The van der Waals surface area contributed by atoms with Crippen molar-refractivity contribution in [1.29, 1.82) is 0 Å². The van der Waals surface area contributed by atoms with Crippen molar-refractivity contribution in [3.8, 4) is 11.5 Å². The normalized spacial score (nSPS) is 17.2. The summed E-state index contributed by atoms with van der Waals surface area (Å²) >= 11 is 0. The first-order chi connectivity index (χ1) is 17.2. The molecule has 0 aliphatic carbocycles. The number of ether oxygens (including phenoxy) is 3. The number of carboxylic acid groups (broad SMARTS) is 1. The zero-order valence-corrected chi connectivity index (χ0v) is 20.1. The van der Waals surface area contributed by atoms with E-state index in [-0.39, 0.29) is 30.0 Å². The number of hydrogen-bond donors (Lipinski definition) is 2. The van der Waals surface area contributed by atoms with Gasteiger partial charge >= 0.3 is 11.9 Å². The molecule has 0 saturated carbocycles. The standard InChI is InChI=1S/C26H27NO9/c1-4-36-21(30)15-26(33)25(32)22(24(31)17-7-11-19(35-3)12-8-17)23(27(26)14-13-20(28)29)16-5-9-18(34-2)10-6-16/h5-12,33H,4,13-15H2,1-3H3,(H,28,29). The zero-order valence-electron chi connectivity index (χ0n) is 20.1. The molecule has 0 spiro atoms. The molecule has 10 heteroatoms. The van der Waals surface area contributed by atoms with E-state index in [0.717, 1.165) is 4.90 Å². The van der Waals surface area contributed by atoms with Crippen LogP contribution < -0.4 is 9.47 Å². The molecule has 3 rings (SSSR count). The van der Waals surface area contributed by atoms with Gasteiger partial charge in [0.1, 0.15) is 17.9 Å². The molecule has 2 N–H and O–H groups in total. The molecule has 0 bridgehead atoms. The van der Waals surface area contributed by atoms with E-state index in [4.69, 9.17) is 14.2 Å². The number of methoxy groups -OCH3 is 2. The van der Waals surface area contributed by atoms with Crippen LogP contribution in [-0.4, -0.2) is 71.7 Å². The second kappa shape index (κ2) is 11.0. The minimum Gasteiger partial charge on any atom is -0.497 e. The fourth-order valence-corrected chi connectivity index (χ4v) is 3.99. The van der Waals surface area contributed by atoms with Gasteiger partial charge in [0, 0.05) is 12.1 Å². The number of aliphatic carboxylic acids is 1. The Morgan fingerprint density at radius 1 is 0.944 bits per heavy atom. The number of esters is 1. The van der Waals surface area contributed by atoms with Crippen LogP contribution in [0.15, 0.2) is 54.1 Å². The van der Waals surface area contributed by atoms with E-state index >= 15 is 0 Å². The third-order valence-electron chi connectivity index (χ3n) is 5.73. The summed E-state index contributed by atoms with van der Waals surface area (Å²) in [5.41, 5.74) is -2.39. The molecule has 1 unspecified atom stereocenters. The second-order valence-electron chi connectivity index (χ2n) is 7.93. The molecule has 1 heterocycles. The quantitative estimate of drug-likeness (QED) is 0.270. The Morgan fingerprint density at radius 2 is 1.50 bits per heavy atom. The van der Waals surface area contributed by atoms with Gasteiger partial charge in [0.25, 0.3) is 0 Å². The molecule has 36 heavy (non-hydrogen) atoms. The maximum Gasteiger partial charge on any atom is 0.311 e. The van der Waals surface area contributed by atoms with Gasteiger partial charge in [-0.05, 0) is 61.0 Å². The highest BCUT2D eigenvalue weighted by Gasteiger charge is 2.55. The number of carbonyl (C=O) groups is 4. The van der Waals surface area contributed by atoms with Crippen molar-refractivity contribution in [3.05, 3.63) is 65.2 Å². The smallest absolute Gasteiger partial charge is 0.311 e. The molecule has 190 valence electrons. The van der Waals surface area contributed by atoms with E-state index < -0.39 is 42.1 Å². The Morgan fingerprint density at radius 3 is 2.00 bits per heavy atom. The van der Waals surface area contributed by atoms with Crippen LogP contribution >= 0.6 is 0 Å². The number of rotatable bonds is 11. The highest BCUT2D eigenvalue weighted by Crippen LogP contribution is 2.42. The van der Waals surface area contributed by atoms with E-state index in [1.807, 2.05) is 0 Å².